The van der Waals surface area contributed by atoms with E-state index in [1.54, 1.807) is 6.07 Å². The van der Waals surface area contributed by atoms with Gasteiger partial charge < -0.3 is 10.1 Å². The van der Waals surface area contributed by atoms with Crippen molar-refractivity contribution in [1.29, 1.82) is 0 Å². The summed E-state index contributed by atoms with van der Waals surface area (Å²) in [6.45, 7) is 3.91. The molecule has 1 heterocycles. The monoisotopic (exact) mass is 486 g/mol. The Bertz CT molecular complexity index is 1420. The molecule has 0 saturated carbocycles. The zero-order valence-corrected chi connectivity index (χ0v) is 19.8. The van der Waals surface area contributed by atoms with Gasteiger partial charge in [-0.1, -0.05) is 30.3 Å². The molecule has 4 rings (SSSR count). The highest BCUT2D eigenvalue weighted by molar-refractivity contribution is 7.80. The van der Waals surface area contributed by atoms with E-state index in [0.717, 1.165) is 5.56 Å². The third-order valence-corrected chi connectivity index (χ3v) is 5.23. The Kier molecular flexibility index (Phi) is 6.98. The second kappa shape index (κ2) is 10.3. The number of non-ortho nitro benzene ring substituents is 1. The van der Waals surface area contributed by atoms with E-state index in [9.17, 15) is 14.9 Å². The van der Waals surface area contributed by atoms with Gasteiger partial charge in [0.15, 0.2) is 5.11 Å². The first-order valence-corrected chi connectivity index (χ1v) is 11.2. The van der Waals surface area contributed by atoms with Crippen LogP contribution in [0, 0.1) is 10.1 Å². The number of thiocarbonyl (C=S) groups is 1. The standard InChI is InChI=1S/C26H22N4O4S/c1-16(2)34-20-7-5-6-17(14-20)24-15-22(21-8-3-4-9-23(21)28-24)25(31)29-26(35)27-18-10-12-19(13-11-18)30(32)33/h3-16H,1-2H3,(H2,27,29,31,35). The summed E-state index contributed by atoms with van der Waals surface area (Å²) < 4.78 is 5.80. The Morgan fingerprint density at radius 3 is 2.49 bits per heavy atom. The smallest absolute Gasteiger partial charge is 0.269 e. The van der Waals surface area contributed by atoms with Gasteiger partial charge in [0.1, 0.15) is 5.75 Å². The van der Waals surface area contributed by atoms with Gasteiger partial charge in [-0.2, -0.15) is 0 Å². The molecule has 0 aliphatic heterocycles. The molecule has 176 valence electrons. The van der Waals surface area contributed by atoms with Crippen LogP contribution in [-0.2, 0) is 0 Å². The largest absolute Gasteiger partial charge is 0.491 e. The van der Waals surface area contributed by atoms with Crippen molar-refractivity contribution in [2.24, 2.45) is 0 Å². The first-order chi connectivity index (χ1) is 16.8. The first-order valence-electron chi connectivity index (χ1n) is 10.8. The Balaban J connectivity index is 1.61. The van der Waals surface area contributed by atoms with Gasteiger partial charge in [0, 0.05) is 28.8 Å². The highest BCUT2D eigenvalue weighted by Crippen LogP contribution is 2.28. The van der Waals surface area contributed by atoms with E-state index in [1.165, 1.54) is 24.3 Å². The summed E-state index contributed by atoms with van der Waals surface area (Å²) in [6.07, 6.45) is 0.0282. The Labute approximate surface area is 207 Å². The summed E-state index contributed by atoms with van der Waals surface area (Å²) >= 11 is 5.29. The lowest BCUT2D eigenvalue weighted by Crippen LogP contribution is -2.34. The lowest BCUT2D eigenvalue weighted by atomic mass is 10.0. The second-order valence-corrected chi connectivity index (χ2v) is 8.39. The second-order valence-electron chi connectivity index (χ2n) is 7.98. The number of nitro groups is 1. The molecule has 1 aromatic heterocycles. The molecular formula is C26H22N4O4S. The molecule has 9 heteroatoms. The van der Waals surface area contributed by atoms with E-state index in [4.69, 9.17) is 21.9 Å². The summed E-state index contributed by atoms with van der Waals surface area (Å²) in [5.74, 6) is 0.311. The van der Waals surface area contributed by atoms with Gasteiger partial charge in [-0.25, -0.2) is 4.98 Å². The average molecular weight is 487 g/mol. The Hall–Kier alpha value is -4.37. The molecule has 1 amide bonds. The van der Waals surface area contributed by atoms with Crippen LogP contribution in [-0.4, -0.2) is 27.0 Å². The number of nitro benzene ring substituents is 1. The summed E-state index contributed by atoms with van der Waals surface area (Å²) in [5.41, 5.74) is 2.99. The van der Waals surface area contributed by atoms with Gasteiger partial charge in [-0.15, -0.1) is 0 Å². The number of ether oxygens (including phenoxy) is 1. The number of carbonyl (C=O) groups excluding carboxylic acids is 1. The number of hydrogen-bond acceptors (Lipinski definition) is 6. The number of nitrogens with zero attached hydrogens (tertiary/aromatic N) is 2. The van der Waals surface area contributed by atoms with Crippen molar-refractivity contribution in [3.8, 4) is 17.0 Å². The molecule has 35 heavy (non-hydrogen) atoms. The minimum absolute atomic E-state index is 0.0282. The third-order valence-electron chi connectivity index (χ3n) is 5.03. The first kappa shape index (κ1) is 23.8. The van der Waals surface area contributed by atoms with Gasteiger partial charge in [0.05, 0.1) is 27.8 Å². The molecule has 0 bridgehead atoms. The van der Waals surface area contributed by atoms with Crippen molar-refractivity contribution in [3.63, 3.8) is 0 Å². The van der Waals surface area contributed by atoms with Crippen LogP contribution in [0.5, 0.6) is 5.75 Å². The fourth-order valence-corrected chi connectivity index (χ4v) is 3.72. The van der Waals surface area contributed by atoms with Crippen molar-refractivity contribution in [2.75, 3.05) is 5.32 Å². The zero-order valence-electron chi connectivity index (χ0n) is 19.0. The maximum Gasteiger partial charge on any atom is 0.269 e. The minimum Gasteiger partial charge on any atom is -0.491 e. The number of anilines is 1. The topological polar surface area (TPSA) is 106 Å². The Morgan fingerprint density at radius 2 is 1.77 bits per heavy atom. The van der Waals surface area contributed by atoms with Crippen molar-refractivity contribution >= 4 is 45.5 Å². The van der Waals surface area contributed by atoms with Crippen LogP contribution < -0.4 is 15.4 Å². The van der Waals surface area contributed by atoms with Crippen LogP contribution in [0.4, 0.5) is 11.4 Å². The number of nitrogens with one attached hydrogen (secondary N) is 2. The van der Waals surface area contributed by atoms with E-state index < -0.39 is 10.8 Å². The highest BCUT2D eigenvalue weighted by Gasteiger charge is 2.16. The number of rotatable bonds is 6. The van der Waals surface area contributed by atoms with Crippen molar-refractivity contribution in [2.45, 2.75) is 20.0 Å². The predicted octanol–water partition coefficient (Wildman–Crippen LogP) is 5.72. The lowest BCUT2D eigenvalue weighted by molar-refractivity contribution is -0.384. The molecule has 0 radical (unpaired) electrons. The lowest BCUT2D eigenvalue weighted by Gasteiger charge is -2.13. The SMILES string of the molecule is CC(C)Oc1cccc(-c2cc(C(=O)NC(=S)Nc3ccc([N+](=O)[O-])cc3)c3ccccc3n2)c1. The van der Waals surface area contributed by atoms with Gasteiger partial charge >= 0.3 is 0 Å². The maximum atomic E-state index is 13.2. The normalized spacial score (nSPS) is 10.7. The summed E-state index contributed by atoms with van der Waals surface area (Å²) in [5, 5.41) is 17.1. The number of carbonyl (C=O) groups is 1. The minimum atomic E-state index is -0.485. The Morgan fingerprint density at radius 1 is 1.03 bits per heavy atom. The molecule has 0 unspecified atom stereocenters. The van der Waals surface area contributed by atoms with Crippen molar-refractivity contribution < 1.29 is 14.5 Å². The number of hydrogen-bond donors (Lipinski definition) is 2. The van der Waals surface area contributed by atoms with Gasteiger partial charge in [-0.3, -0.25) is 20.2 Å². The van der Waals surface area contributed by atoms with Gasteiger partial charge in [0.2, 0.25) is 0 Å². The number of pyridine rings is 1. The molecule has 8 nitrogen and oxygen atoms in total. The quantitative estimate of drug-likeness (QED) is 0.204. The number of para-hydroxylation sites is 1. The molecule has 0 atom stereocenters. The predicted molar refractivity (Wildman–Crippen MR) is 140 cm³/mol. The van der Waals surface area contributed by atoms with Crippen LogP contribution in [0.2, 0.25) is 0 Å². The van der Waals surface area contributed by atoms with Crippen LogP contribution in [0.25, 0.3) is 22.2 Å². The van der Waals surface area contributed by atoms with Gasteiger partial charge in [0.25, 0.3) is 11.6 Å². The molecule has 0 saturated heterocycles. The van der Waals surface area contributed by atoms with E-state index in [0.29, 0.717) is 33.6 Å². The third kappa shape index (κ3) is 5.77. The molecule has 0 aliphatic rings. The molecule has 0 fully saturated rings. The molecular weight excluding hydrogens is 464 g/mol. The fourth-order valence-electron chi connectivity index (χ4n) is 3.51. The van der Waals surface area contributed by atoms with E-state index in [-0.39, 0.29) is 16.9 Å². The number of amides is 1. The summed E-state index contributed by atoms with van der Waals surface area (Å²) in [4.78, 5) is 28.3. The van der Waals surface area contributed by atoms with Crippen molar-refractivity contribution in [1.82, 2.24) is 10.3 Å². The molecule has 0 spiro atoms. The van der Waals surface area contributed by atoms with Crippen LogP contribution >= 0.6 is 12.2 Å². The van der Waals surface area contributed by atoms with E-state index in [2.05, 4.69) is 10.6 Å². The molecule has 2 N–H and O–H groups in total. The van der Waals surface area contributed by atoms with Gasteiger partial charge in [-0.05, 0) is 62.5 Å². The van der Waals surface area contributed by atoms with Crippen LogP contribution in [0.1, 0.15) is 24.2 Å². The maximum absolute atomic E-state index is 13.2. The number of benzene rings is 3. The van der Waals surface area contributed by atoms with E-state index in [1.807, 2.05) is 62.4 Å². The van der Waals surface area contributed by atoms with Crippen LogP contribution in [0.3, 0.4) is 0 Å². The average Bonchev–Trinajstić information content (AvgIpc) is 2.83. The molecule has 4 aromatic rings. The molecule has 3 aromatic carbocycles. The number of fused-ring (bicyclic) bond motifs is 1. The van der Waals surface area contributed by atoms with Crippen LogP contribution in [0.15, 0.2) is 78.9 Å². The van der Waals surface area contributed by atoms with E-state index >= 15 is 0 Å². The highest BCUT2D eigenvalue weighted by atomic mass is 32.1. The fraction of sp³-hybridized carbons (Fsp3) is 0.115. The summed E-state index contributed by atoms with van der Waals surface area (Å²) in [7, 11) is 0. The summed E-state index contributed by atoms with van der Waals surface area (Å²) in [6, 6.07) is 22.4. The number of aromatic nitrogens is 1. The van der Waals surface area contributed by atoms with Crippen molar-refractivity contribution in [3.05, 3.63) is 94.5 Å². The zero-order chi connectivity index (χ0) is 24.9. The molecule has 0 aliphatic carbocycles.